The Morgan fingerprint density at radius 3 is 1.54 bits per heavy atom. The number of unbranched alkanes of at least 4 members (excludes halogenated alkanes) is 2. The Labute approximate surface area is 82.8 Å². The van der Waals surface area contributed by atoms with Crippen molar-refractivity contribution in [3.05, 3.63) is 0 Å². The zero-order valence-electron chi connectivity index (χ0n) is 8.28. The van der Waals surface area contributed by atoms with Crippen LogP contribution in [0.25, 0.3) is 0 Å². The fraction of sp³-hybridized carbons (Fsp3) is 1.00. The van der Waals surface area contributed by atoms with Gasteiger partial charge in [-0.2, -0.15) is 0 Å². The van der Waals surface area contributed by atoms with Crippen LogP contribution in [0, 0.1) is 0 Å². The number of hydrogen-bond acceptors (Lipinski definition) is 0. The van der Waals surface area contributed by atoms with Crippen molar-refractivity contribution in [3.8, 4) is 0 Å². The Morgan fingerprint density at radius 2 is 1.31 bits per heavy atom. The van der Waals surface area contributed by atoms with Crippen LogP contribution in [0.5, 0.6) is 0 Å². The van der Waals surface area contributed by atoms with E-state index in [-0.39, 0.29) is 0 Å². The summed E-state index contributed by atoms with van der Waals surface area (Å²) in [4.78, 5) is 0. The first-order valence-corrected chi connectivity index (χ1v) is 8.04. The van der Waals surface area contributed by atoms with E-state index < -0.39 is 19.0 Å². The minimum absolute atomic E-state index is 0.431. The maximum atomic E-state index is 12.4. The summed E-state index contributed by atoms with van der Waals surface area (Å²) < 4.78 is 37.3. The van der Waals surface area contributed by atoms with Crippen LogP contribution in [0.15, 0.2) is 0 Å². The summed E-state index contributed by atoms with van der Waals surface area (Å²) in [5.74, 6) is 0. The number of alkyl halides is 3. The molecule has 0 aliphatic rings. The third-order valence-electron chi connectivity index (χ3n) is 1.82. The summed E-state index contributed by atoms with van der Waals surface area (Å²) in [6.45, 7) is 3.89. The molecule has 0 spiro atoms. The molecule has 81 valence electrons. The van der Waals surface area contributed by atoms with Gasteiger partial charge in [-0.25, -0.2) is 0 Å². The number of rotatable bonds is 6. The van der Waals surface area contributed by atoms with E-state index in [1.54, 1.807) is 0 Å². The summed E-state index contributed by atoms with van der Waals surface area (Å²) in [7, 11) is 0. The molecule has 13 heavy (non-hydrogen) atoms. The Balaban J connectivity index is 3.88. The minimum atomic E-state index is -3.86. The molecule has 0 aliphatic heterocycles. The van der Waals surface area contributed by atoms with Crippen molar-refractivity contribution in [2.45, 2.75) is 55.2 Å². The van der Waals surface area contributed by atoms with E-state index in [1.807, 2.05) is 13.8 Å². The topological polar surface area (TPSA) is 0 Å². The Morgan fingerprint density at radius 1 is 0.923 bits per heavy atom. The van der Waals surface area contributed by atoms with Gasteiger partial charge in [0.2, 0.25) is 0 Å². The van der Waals surface area contributed by atoms with E-state index in [1.165, 1.54) is 0 Å². The van der Waals surface area contributed by atoms with Gasteiger partial charge in [0.1, 0.15) is 0 Å². The van der Waals surface area contributed by atoms with Crippen LogP contribution in [-0.4, -0.2) is 19.0 Å². The molecule has 0 rings (SSSR count). The predicted molar refractivity (Wildman–Crippen MR) is 51.2 cm³/mol. The molecular formula is C9H18F3Se. The first-order valence-electron chi connectivity index (χ1n) is 4.76. The van der Waals surface area contributed by atoms with Gasteiger partial charge in [0.25, 0.3) is 0 Å². The van der Waals surface area contributed by atoms with Gasteiger partial charge in [0, 0.05) is 0 Å². The zero-order valence-corrected chi connectivity index (χ0v) is 10.00. The van der Waals surface area contributed by atoms with Crippen LogP contribution in [-0.2, 0) is 0 Å². The van der Waals surface area contributed by atoms with Crippen LogP contribution >= 0.6 is 0 Å². The van der Waals surface area contributed by atoms with Crippen molar-refractivity contribution in [1.29, 1.82) is 0 Å². The van der Waals surface area contributed by atoms with Crippen LogP contribution in [0.1, 0.15) is 39.5 Å². The van der Waals surface area contributed by atoms with Gasteiger partial charge < -0.3 is 0 Å². The first kappa shape index (κ1) is 13.3. The van der Waals surface area contributed by atoms with Crippen molar-refractivity contribution in [2.24, 2.45) is 0 Å². The molecule has 0 fully saturated rings. The van der Waals surface area contributed by atoms with Gasteiger partial charge in [-0.05, 0) is 0 Å². The molecule has 0 aromatic carbocycles. The zero-order chi connectivity index (χ0) is 10.3. The maximum absolute atomic E-state index is 12.4. The van der Waals surface area contributed by atoms with Gasteiger partial charge in [-0.3, -0.25) is 0 Å². The molecule has 0 nitrogen and oxygen atoms in total. The van der Waals surface area contributed by atoms with Gasteiger partial charge >= 0.3 is 82.3 Å². The van der Waals surface area contributed by atoms with Gasteiger partial charge in [0.05, 0.1) is 0 Å². The molecule has 0 N–H and O–H groups in total. The van der Waals surface area contributed by atoms with Crippen LogP contribution in [0.2, 0.25) is 10.6 Å². The third kappa shape index (κ3) is 6.39. The summed E-state index contributed by atoms with van der Waals surface area (Å²) >= 11 is -2.32. The monoisotopic (exact) mass is 263 g/mol. The third-order valence-corrected chi connectivity index (χ3v) is 6.47. The van der Waals surface area contributed by atoms with E-state index in [2.05, 4.69) is 0 Å². The molecule has 0 bridgehead atoms. The fourth-order valence-electron chi connectivity index (χ4n) is 0.971. The normalized spacial score (nSPS) is 12.5. The molecule has 0 aromatic rings. The number of halogens is 3. The average Bonchev–Trinajstić information content (AvgIpc) is 2.02. The molecule has 4 heteroatoms. The number of hydrogen-bond donors (Lipinski definition) is 0. The van der Waals surface area contributed by atoms with Crippen LogP contribution < -0.4 is 0 Å². The molecule has 0 amide bonds. The molecule has 0 aromatic heterocycles. The van der Waals surface area contributed by atoms with E-state index in [9.17, 15) is 13.2 Å². The van der Waals surface area contributed by atoms with Crippen LogP contribution in [0.3, 0.4) is 0 Å². The quantitative estimate of drug-likeness (QED) is 0.630. The standard InChI is InChI=1S/C9H18F3Se/c1-3-5-7-13(8-6-4-2)9(10,11)12/h3-8H2,1-2H3. The molecule has 0 saturated heterocycles. The Hall–Kier alpha value is 0.309. The van der Waals surface area contributed by atoms with Crippen molar-refractivity contribution >= 4 is 13.9 Å². The SMILES string of the molecule is CCCC[Se](CCCC)C(F)(F)F. The fourth-order valence-corrected chi connectivity index (χ4v) is 5.04. The van der Waals surface area contributed by atoms with E-state index in [0.717, 1.165) is 25.7 Å². The van der Waals surface area contributed by atoms with Crippen molar-refractivity contribution in [3.63, 3.8) is 0 Å². The summed E-state index contributed by atoms with van der Waals surface area (Å²) in [5, 5.41) is -3.00. The summed E-state index contributed by atoms with van der Waals surface area (Å²) in [6.07, 6.45) is 3.24. The molecule has 0 heterocycles. The van der Waals surface area contributed by atoms with Gasteiger partial charge in [-0.15, -0.1) is 0 Å². The first-order chi connectivity index (χ1) is 6.02. The second-order valence-electron chi connectivity index (χ2n) is 3.05. The second kappa shape index (κ2) is 6.72. The molecule has 0 aliphatic carbocycles. The van der Waals surface area contributed by atoms with Gasteiger partial charge in [-0.1, -0.05) is 0 Å². The van der Waals surface area contributed by atoms with Crippen LogP contribution in [0.4, 0.5) is 13.2 Å². The Bertz CT molecular complexity index is 115. The molecular weight excluding hydrogens is 244 g/mol. The average molecular weight is 262 g/mol. The molecule has 1 radical (unpaired) electrons. The van der Waals surface area contributed by atoms with E-state index in [0.29, 0.717) is 10.6 Å². The van der Waals surface area contributed by atoms with E-state index >= 15 is 0 Å². The molecule has 0 atom stereocenters. The predicted octanol–water partition coefficient (Wildman–Crippen LogP) is 4.18. The van der Waals surface area contributed by atoms with Crippen molar-refractivity contribution in [1.82, 2.24) is 0 Å². The molecule has 0 saturated carbocycles. The molecule has 0 unspecified atom stereocenters. The van der Waals surface area contributed by atoms with E-state index in [4.69, 9.17) is 0 Å². The summed E-state index contributed by atoms with van der Waals surface area (Å²) in [5.41, 5.74) is 0. The second-order valence-corrected chi connectivity index (χ2v) is 7.81. The summed E-state index contributed by atoms with van der Waals surface area (Å²) in [6, 6.07) is 0. The van der Waals surface area contributed by atoms with Crippen molar-refractivity contribution in [2.75, 3.05) is 0 Å². The van der Waals surface area contributed by atoms with Crippen molar-refractivity contribution < 1.29 is 13.2 Å². The Kier molecular flexibility index (Phi) is 6.88. The van der Waals surface area contributed by atoms with Gasteiger partial charge in [0.15, 0.2) is 0 Å².